The van der Waals surface area contributed by atoms with Crippen LogP contribution < -0.4 is 0 Å². The largest absolute Gasteiger partial charge is 0.508 e. The molecule has 0 saturated carbocycles. The van der Waals surface area contributed by atoms with Crippen LogP contribution in [0.15, 0.2) is 24.3 Å². The van der Waals surface area contributed by atoms with E-state index in [1.807, 2.05) is 0 Å². The second kappa shape index (κ2) is 3.74. The summed E-state index contributed by atoms with van der Waals surface area (Å²) in [5.41, 5.74) is 0. The maximum atomic E-state index is 10.2. The number of phenolic OH excluding ortho intramolecular Hbond substituents is 6. The van der Waals surface area contributed by atoms with Crippen molar-refractivity contribution in [2.45, 2.75) is 0 Å². The van der Waals surface area contributed by atoms with Gasteiger partial charge in [-0.3, -0.25) is 0 Å². The van der Waals surface area contributed by atoms with Gasteiger partial charge in [0.15, 0.2) is 0 Å². The van der Waals surface area contributed by atoms with Gasteiger partial charge in [-0.1, -0.05) is 0 Å². The van der Waals surface area contributed by atoms with Gasteiger partial charge in [0, 0.05) is 22.9 Å². The Balaban J connectivity index is 2.68. The monoisotopic (exact) mass is 274 g/mol. The molecular weight excluding hydrogens is 264 g/mol. The molecule has 3 aromatic rings. The van der Waals surface area contributed by atoms with E-state index < -0.39 is 17.2 Å². The lowest BCUT2D eigenvalue weighted by molar-refractivity contribution is 0.442. The number of aromatic hydroxyl groups is 6. The molecule has 0 aliphatic rings. The Kier molecular flexibility index (Phi) is 2.25. The lowest BCUT2D eigenvalue weighted by Gasteiger charge is -2.12. The molecule has 0 atom stereocenters. The molecule has 0 spiro atoms. The Bertz CT molecular complexity index is 800. The van der Waals surface area contributed by atoms with Crippen LogP contribution in [0.3, 0.4) is 0 Å². The molecule has 0 aromatic heterocycles. The standard InChI is InChI=1S/C14H10O6/c15-5-1-7-11(9(17)3-5)14(20)12-8(13(7)19)2-6(16)4-10(12)18/h1-4,15-20H. The highest BCUT2D eigenvalue weighted by Gasteiger charge is 2.19. The zero-order valence-corrected chi connectivity index (χ0v) is 9.99. The lowest BCUT2D eigenvalue weighted by Crippen LogP contribution is -1.84. The molecule has 0 aliphatic carbocycles. The van der Waals surface area contributed by atoms with Gasteiger partial charge in [0.25, 0.3) is 0 Å². The second-order valence-electron chi connectivity index (χ2n) is 4.47. The number of phenols is 6. The number of fused-ring (bicyclic) bond motifs is 2. The van der Waals surface area contributed by atoms with Crippen LogP contribution in [0, 0.1) is 0 Å². The van der Waals surface area contributed by atoms with Gasteiger partial charge in [0.2, 0.25) is 0 Å². The van der Waals surface area contributed by atoms with Gasteiger partial charge in [-0.05, 0) is 12.1 Å². The number of rotatable bonds is 0. The van der Waals surface area contributed by atoms with Crippen molar-refractivity contribution in [3.8, 4) is 34.5 Å². The Morgan fingerprint density at radius 2 is 0.900 bits per heavy atom. The van der Waals surface area contributed by atoms with Gasteiger partial charge in [-0.25, -0.2) is 0 Å². The van der Waals surface area contributed by atoms with Gasteiger partial charge < -0.3 is 30.6 Å². The van der Waals surface area contributed by atoms with Crippen molar-refractivity contribution in [1.82, 2.24) is 0 Å². The number of benzene rings is 3. The summed E-state index contributed by atoms with van der Waals surface area (Å²) in [4.78, 5) is 0. The van der Waals surface area contributed by atoms with Crippen molar-refractivity contribution in [3.05, 3.63) is 24.3 Å². The predicted octanol–water partition coefficient (Wildman–Crippen LogP) is 2.23. The minimum atomic E-state index is -0.456. The topological polar surface area (TPSA) is 121 Å². The Labute approximate surface area is 112 Å². The zero-order chi connectivity index (χ0) is 14.6. The average Bonchev–Trinajstić information content (AvgIpc) is 2.34. The first-order valence-corrected chi connectivity index (χ1v) is 5.65. The van der Waals surface area contributed by atoms with Crippen LogP contribution in [0.1, 0.15) is 0 Å². The fourth-order valence-corrected chi connectivity index (χ4v) is 2.37. The molecular formula is C14H10O6. The van der Waals surface area contributed by atoms with Crippen molar-refractivity contribution in [2.75, 3.05) is 0 Å². The molecule has 6 nitrogen and oxygen atoms in total. The van der Waals surface area contributed by atoms with Crippen molar-refractivity contribution in [3.63, 3.8) is 0 Å². The Hall–Kier alpha value is -3.02. The normalized spacial score (nSPS) is 11.2. The van der Waals surface area contributed by atoms with Gasteiger partial charge >= 0.3 is 0 Å². The van der Waals surface area contributed by atoms with E-state index in [0.717, 1.165) is 24.3 Å². The summed E-state index contributed by atoms with van der Waals surface area (Å²) in [6.07, 6.45) is 0. The zero-order valence-electron chi connectivity index (χ0n) is 9.99. The molecule has 6 N–H and O–H groups in total. The third-order valence-corrected chi connectivity index (χ3v) is 3.19. The summed E-state index contributed by atoms with van der Waals surface area (Å²) in [5.74, 6) is -2.32. The van der Waals surface area contributed by atoms with Crippen LogP contribution in [0.4, 0.5) is 0 Å². The number of hydrogen-bond donors (Lipinski definition) is 6. The summed E-state index contributed by atoms with van der Waals surface area (Å²) >= 11 is 0. The molecule has 3 aromatic carbocycles. The van der Waals surface area contributed by atoms with Crippen molar-refractivity contribution >= 4 is 21.5 Å². The smallest absolute Gasteiger partial charge is 0.138 e. The van der Waals surface area contributed by atoms with E-state index in [0.29, 0.717) is 0 Å². The first-order chi connectivity index (χ1) is 9.40. The summed E-state index contributed by atoms with van der Waals surface area (Å²) in [7, 11) is 0. The molecule has 0 heterocycles. The lowest BCUT2D eigenvalue weighted by atomic mass is 9.99. The van der Waals surface area contributed by atoms with E-state index in [-0.39, 0.29) is 38.8 Å². The van der Waals surface area contributed by atoms with E-state index in [2.05, 4.69) is 0 Å². The second-order valence-corrected chi connectivity index (χ2v) is 4.47. The fourth-order valence-electron chi connectivity index (χ4n) is 2.37. The summed E-state index contributed by atoms with van der Waals surface area (Å²) < 4.78 is 0. The van der Waals surface area contributed by atoms with Crippen molar-refractivity contribution in [2.24, 2.45) is 0 Å². The molecule has 0 aliphatic heterocycles. The maximum Gasteiger partial charge on any atom is 0.138 e. The molecule has 0 amide bonds. The third-order valence-electron chi connectivity index (χ3n) is 3.19. The molecule has 20 heavy (non-hydrogen) atoms. The summed E-state index contributed by atoms with van der Waals surface area (Å²) in [5, 5.41) is 58.7. The van der Waals surface area contributed by atoms with E-state index in [1.165, 1.54) is 0 Å². The number of hydrogen-bond acceptors (Lipinski definition) is 6. The van der Waals surface area contributed by atoms with Crippen LogP contribution in [0.2, 0.25) is 0 Å². The quantitative estimate of drug-likeness (QED) is 0.276. The SMILES string of the molecule is Oc1cc(O)c2c(O)c3c(O)cc(O)cc3c(O)c2c1. The third kappa shape index (κ3) is 1.45. The molecule has 0 fully saturated rings. The molecule has 0 unspecified atom stereocenters. The van der Waals surface area contributed by atoms with E-state index in [9.17, 15) is 30.6 Å². The molecule has 0 radical (unpaired) electrons. The molecule has 0 bridgehead atoms. The molecule has 102 valence electrons. The summed E-state index contributed by atoms with van der Waals surface area (Å²) in [6.45, 7) is 0. The van der Waals surface area contributed by atoms with Gasteiger partial charge in [-0.2, -0.15) is 0 Å². The Morgan fingerprint density at radius 1 is 0.500 bits per heavy atom. The van der Waals surface area contributed by atoms with Gasteiger partial charge in [0.1, 0.15) is 34.5 Å². The minimum Gasteiger partial charge on any atom is -0.508 e. The van der Waals surface area contributed by atoms with Gasteiger partial charge in [0.05, 0.1) is 10.8 Å². The first-order valence-electron chi connectivity index (χ1n) is 5.65. The minimum absolute atomic E-state index is 0.00231. The Morgan fingerprint density at radius 3 is 1.30 bits per heavy atom. The van der Waals surface area contributed by atoms with E-state index in [4.69, 9.17) is 0 Å². The fraction of sp³-hybridized carbons (Fsp3) is 0. The summed E-state index contributed by atoms with van der Waals surface area (Å²) in [6, 6.07) is 4.32. The molecule has 6 heteroatoms. The molecule has 3 rings (SSSR count). The van der Waals surface area contributed by atoms with Crippen molar-refractivity contribution in [1.29, 1.82) is 0 Å². The van der Waals surface area contributed by atoms with Crippen LogP contribution in [-0.4, -0.2) is 30.6 Å². The average molecular weight is 274 g/mol. The van der Waals surface area contributed by atoms with Crippen LogP contribution >= 0.6 is 0 Å². The first kappa shape index (κ1) is 12.0. The maximum absolute atomic E-state index is 10.2. The van der Waals surface area contributed by atoms with Crippen LogP contribution in [0.5, 0.6) is 34.5 Å². The van der Waals surface area contributed by atoms with E-state index in [1.54, 1.807) is 0 Å². The van der Waals surface area contributed by atoms with Crippen molar-refractivity contribution < 1.29 is 30.6 Å². The van der Waals surface area contributed by atoms with Crippen LogP contribution in [0.25, 0.3) is 21.5 Å². The molecule has 0 saturated heterocycles. The van der Waals surface area contributed by atoms with Crippen LogP contribution in [-0.2, 0) is 0 Å². The highest BCUT2D eigenvalue weighted by Crippen LogP contribution is 2.49. The van der Waals surface area contributed by atoms with E-state index >= 15 is 0 Å². The highest BCUT2D eigenvalue weighted by atomic mass is 16.3. The highest BCUT2D eigenvalue weighted by molar-refractivity contribution is 6.15. The predicted molar refractivity (Wildman–Crippen MR) is 71.4 cm³/mol. The van der Waals surface area contributed by atoms with Gasteiger partial charge in [-0.15, -0.1) is 0 Å².